The zero-order valence-corrected chi connectivity index (χ0v) is 19.1. The highest BCUT2D eigenvalue weighted by atomic mass is 32.2. The summed E-state index contributed by atoms with van der Waals surface area (Å²) in [5, 5.41) is 18.7. The molecule has 5 aromatic rings. The van der Waals surface area contributed by atoms with Crippen LogP contribution >= 0.6 is 0 Å². The van der Waals surface area contributed by atoms with Crippen LogP contribution in [0.25, 0.3) is 33.2 Å². The lowest BCUT2D eigenvalue weighted by atomic mass is 9.96. The largest absolute Gasteiger partial charge is 0.362 e. The van der Waals surface area contributed by atoms with Gasteiger partial charge in [-0.25, -0.2) is 17.9 Å². The third-order valence-corrected chi connectivity index (χ3v) is 6.34. The van der Waals surface area contributed by atoms with Gasteiger partial charge in [0.25, 0.3) is 0 Å². The maximum Gasteiger partial charge on any atom is 0.239 e. The molecule has 8 nitrogen and oxygen atoms in total. The summed E-state index contributed by atoms with van der Waals surface area (Å²) in [6.45, 7) is 0.0986. The van der Waals surface area contributed by atoms with Gasteiger partial charge in [-0.1, -0.05) is 48.5 Å². The van der Waals surface area contributed by atoms with Crippen LogP contribution in [0.3, 0.4) is 0 Å². The highest BCUT2D eigenvalue weighted by molar-refractivity contribution is 7.89. The fourth-order valence-corrected chi connectivity index (χ4v) is 4.32. The molecule has 0 aliphatic carbocycles. The number of nitrogens with zero attached hydrogens (tertiary/aromatic N) is 4. The molecule has 0 fully saturated rings. The zero-order chi connectivity index (χ0) is 24.4. The second-order valence-corrected chi connectivity index (χ2v) is 9.29. The molecule has 0 atom stereocenters. The van der Waals surface area contributed by atoms with Gasteiger partial charge in [0.2, 0.25) is 10.0 Å². The second kappa shape index (κ2) is 9.16. The SMILES string of the molecule is NS(=O)(=O)c1cncc(-c2nnc(NCc3ncccc3F)c3c(-c4ccccc4)cccc23)c1. The van der Waals surface area contributed by atoms with Crippen LogP contribution < -0.4 is 10.5 Å². The maximum atomic E-state index is 14.2. The Kier molecular flexibility index (Phi) is 5.89. The summed E-state index contributed by atoms with van der Waals surface area (Å²) in [5.74, 6) is 0.00636. The highest BCUT2D eigenvalue weighted by Gasteiger charge is 2.18. The third-order valence-electron chi connectivity index (χ3n) is 5.46. The Morgan fingerprint density at radius 2 is 1.74 bits per heavy atom. The average molecular weight is 487 g/mol. The van der Waals surface area contributed by atoms with Crippen molar-refractivity contribution in [2.24, 2.45) is 5.14 Å². The van der Waals surface area contributed by atoms with Crippen molar-refractivity contribution in [1.82, 2.24) is 20.2 Å². The predicted molar refractivity (Wildman–Crippen MR) is 131 cm³/mol. The van der Waals surface area contributed by atoms with Gasteiger partial charge in [-0.3, -0.25) is 9.97 Å². The van der Waals surface area contributed by atoms with Gasteiger partial charge < -0.3 is 5.32 Å². The summed E-state index contributed by atoms with van der Waals surface area (Å²) in [5.41, 5.74) is 2.94. The van der Waals surface area contributed by atoms with E-state index in [2.05, 4.69) is 25.5 Å². The summed E-state index contributed by atoms with van der Waals surface area (Å²) >= 11 is 0. The van der Waals surface area contributed by atoms with E-state index in [9.17, 15) is 12.8 Å². The van der Waals surface area contributed by atoms with E-state index >= 15 is 0 Å². The Morgan fingerprint density at radius 3 is 2.51 bits per heavy atom. The smallest absolute Gasteiger partial charge is 0.239 e. The number of nitrogens with one attached hydrogen (secondary N) is 1. The molecule has 5 rings (SSSR count). The number of halogens is 1. The molecule has 10 heteroatoms. The number of rotatable bonds is 6. The molecule has 0 unspecified atom stereocenters. The maximum absolute atomic E-state index is 14.2. The first kappa shape index (κ1) is 22.5. The third kappa shape index (κ3) is 4.57. The first-order valence-corrected chi connectivity index (χ1v) is 12.1. The van der Waals surface area contributed by atoms with Crippen molar-refractivity contribution < 1.29 is 12.8 Å². The molecule has 35 heavy (non-hydrogen) atoms. The number of hydrogen-bond donors (Lipinski definition) is 2. The molecule has 174 valence electrons. The van der Waals surface area contributed by atoms with Crippen LogP contribution in [-0.4, -0.2) is 28.6 Å². The Morgan fingerprint density at radius 1 is 0.914 bits per heavy atom. The van der Waals surface area contributed by atoms with Crippen LogP contribution in [0.1, 0.15) is 5.69 Å². The Labute approximate surface area is 200 Å². The predicted octanol–water partition coefficient (Wildman–Crippen LogP) is 4.15. The van der Waals surface area contributed by atoms with Gasteiger partial charge in [-0.2, -0.15) is 0 Å². The summed E-state index contributed by atoms with van der Waals surface area (Å²) in [6.07, 6.45) is 4.21. The number of nitrogens with two attached hydrogens (primary N) is 1. The van der Waals surface area contributed by atoms with Crippen LogP contribution in [0.5, 0.6) is 0 Å². The van der Waals surface area contributed by atoms with Crippen LogP contribution in [0.15, 0.2) is 90.2 Å². The first-order valence-electron chi connectivity index (χ1n) is 10.6. The minimum atomic E-state index is -3.95. The fourth-order valence-electron chi connectivity index (χ4n) is 3.82. The van der Waals surface area contributed by atoms with E-state index in [1.54, 1.807) is 0 Å². The normalized spacial score (nSPS) is 11.5. The fraction of sp³-hybridized carbons (Fsp3) is 0.0400. The number of hydrogen-bond acceptors (Lipinski definition) is 7. The van der Waals surface area contributed by atoms with Gasteiger partial charge in [0.05, 0.1) is 12.2 Å². The monoisotopic (exact) mass is 486 g/mol. The number of anilines is 1. The number of aromatic nitrogens is 4. The number of sulfonamides is 1. The molecule has 3 N–H and O–H groups in total. The second-order valence-electron chi connectivity index (χ2n) is 7.73. The van der Waals surface area contributed by atoms with Gasteiger partial charge in [-0.15, -0.1) is 10.2 Å². The minimum absolute atomic E-state index is 0.0986. The van der Waals surface area contributed by atoms with Gasteiger partial charge in [0, 0.05) is 34.9 Å². The molecular weight excluding hydrogens is 467 g/mol. The Balaban J connectivity index is 1.71. The Bertz CT molecular complexity index is 1650. The van der Waals surface area contributed by atoms with Crippen molar-refractivity contribution >= 4 is 26.6 Å². The molecule has 0 amide bonds. The number of fused-ring (bicyclic) bond motifs is 1. The van der Waals surface area contributed by atoms with Gasteiger partial charge in [-0.05, 0) is 29.3 Å². The van der Waals surface area contributed by atoms with Crippen LogP contribution in [0, 0.1) is 5.82 Å². The molecule has 2 aromatic carbocycles. The molecule has 0 aliphatic heterocycles. The Hall–Kier alpha value is -4.28. The number of benzene rings is 2. The van der Waals surface area contributed by atoms with E-state index in [0.717, 1.165) is 16.5 Å². The van der Waals surface area contributed by atoms with E-state index in [0.29, 0.717) is 22.5 Å². The van der Waals surface area contributed by atoms with Gasteiger partial charge in [0.15, 0.2) is 5.82 Å². The highest BCUT2D eigenvalue weighted by Crippen LogP contribution is 2.37. The molecule has 0 saturated heterocycles. The van der Waals surface area contributed by atoms with E-state index in [-0.39, 0.29) is 17.1 Å². The molecular formula is C25H19FN6O2S. The summed E-state index contributed by atoms with van der Waals surface area (Å²) in [4.78, 5) is 7.99. The van der Waals surface area contributed by atoms with Crippen LogP contribution in [0.4, 0.5) is 10.2 Å². The molecule has 0 spiro atoms. The van der Waals surface area contributed by atoms with E-state index < -0.39 is 15.8 Å². The number of primary sulfonamides is 1. The average Bonchev–Trinajstić information content (AvgIpc) is 2.88. The minimum Gasteiger partial charge on any atom is -0.362 e. The number of pyridine rings is 2. The standard InChI is InChI=1S/C25H19FN6O2S/c26-21-10-5-11-29-22(21)15-30-25-23-19(16-6-2-1-3-7-16)8-4-9-20(23)24(31-32-25)17-12-18(14-28-13-17)35(27,33)34/h1-14H,15H2,(H,30,32)(H2,27,33,34). The topological polar surface area (TPSA) is 124 Å². The molecule has 3 aromatic heterocycles. The van der Waals surface area contributed by atoms with E-state index in [4.69, 9.17) is 5.14 Å². The summed E-state index contributed by atoms with van der Waals surface area (Å²) in [7, 11) is -3.95. The van der Waals surface area contributed by atoms with Crippen molar-refractivity contribution in [2.75, 3.05) is 5.32 Å². The quantitative estimate of drug-likeness (QED) is 0.369. The molecule has 0 bridgehead atoms. The van der Waals surface area contributed by atoms with E-state index in [1.807, 2.05) is 48.5 Å². The molecule has 0 saturated carbocycles. The first-order chi connectivity index (χ1) is 16.9. The molecule has 0 radical (unpaired) electrons. The van der Waals surface area contributed by atoms with Crippen molar-refractivity contribution in [3.8, 4) is 22.4 Å². The van der Waals surface area contributed by atoms with Crippen LogP contribution in [0.2, 0.25) is 0 Å². The molecule has 3 heterocycles. The van der Waals surface area contributed by atoms with Crippen LogP contribution in [-0.2, 0) is 16.6 Å². The van der Waals surface area contributed by atoms with Crippen molar-refractivity contribution in [3.05, 3.63) is 96.8 Å². The molecule has 0 aliphatic rings. The summed E-state index contributed by atoms with van der Waals surface area (Å²) < 4.78 is 37.9. The van der Waals surface area contributed by atoms with Crippen molar-refractivity contribution in [3.63, 3.8) is 0 Å². The van der Waals surface area contributed by atoms with Gasteiger partial charge >= 0.3 is 0 Å². The lowest BCUT2D eigenvalue weighted by Crippen LogP contribution is -2.12. The van der Waals surface area contributed by atoms with Crippen molar-refractivity contribution in [1.29, 1.82) is 0 Å². The van der Waals surface area contributed by atoms with Gasteiger partial charge in [0.1, 0.15) is 16.4 Å². The summed E-state index contributed by atoms with van der Waals surface area (Å²) in [6, 6.07) is 19.7. The van der Waals surface area contributed by atoms with E-state index in [1.165, 1.54) is 36.8 Å². The van der Waals surface area contributed by atoms with Crippen molar-refractivity contribution in [2.45, 2.75) is 11.4 Å². The zero-order valence-electron chi connectivity index (χ0n) is 18.3. The lowest BCUT2D eigenvalue weighted by molar-refractivity contribution is 0.597. The lowest BCUT2D eigenvalue weighted by Gasteiger charge is -2.15.